The van der Waals surface area contributed by atoms with Crippen LogP contribution in [0.3, 0.4) is 0 Å². The summed E-state index contributed by atoms with van der Waals surface area (Å²) < 4.78 is 0. The van der Waals surface area contributed by atoms with Crippen LogP contribution in [0.5, 0.6) is 0 Å². The summed E-state index contributed by atoms with van der Waals surface area (Å²) in [5, 5.41) is 0. The van der Waals surface area contributed by atoms with Gasteiger partial charge < -0.3 is 0 Å². The molecular formula is C15H22. The topological polar surface area (TPSA) is 0 Å². The molecular weight excluding hydrogens is 180 g/mol. The zero-order valence-electron chi connectivity index (χ0n) is 10.4. The van der Waals surface area contributed by atoms with E-state index < -0.39 is 0 Å². The molecule has 0 spiro atoms. The Balaban J connectivity index is 2.45. The standard InChI is InChI=1S/C15H22/c1-11-9-10-14(15(2,3)4)13-8-6-5-7-12(11)13/h5-8,11,14H,9-10H2,1-4H3. The first-order valence-corrected chi connectivity index (χ1v) is 6.09. The number of hydrogen-bond acceptors (Lipinski definition) is 0. The summed E-state index contributed by atoms with van der Waals surface area (Å²) in [6.45, 7) is 9.46. The summed E-state index contributed by atoms with van der Waals surface area (Å²) >= 11 is 0. The van der Waals surface area contributed by atoms with E-state index >= 15 is 0 Å². The number of hydrogen-bond donors (Lipinski definition) is 0. The van der Waals surface area contributed by atoms with Gasteiger partial charge in [-0.2, -0.15) is 0 Å². The molecule has 1 aromatic rings. The van der Waals surface area contributed by atoms with Gasteiger partial charge in [0, 0.05) is 0 Å². The van der Waals surface area contributed by atoms with E-state index in [1.54, 1.807) is 11.1 Å². The van der Waals surface area contributed by atoms with E-state index in [9.17, 15) is 0 Å². The molecule has 1 aliphatic carbocycles. The van der Waals surface area contributed by atoms with E-state index in [-0.39, 0.29) is 0 Å². The van der Waals surface area contributed by atoms with Gasteiger partial charge in [-0.3, -0.25) is 0 Å². The maximum atomic E-state index is 2.37. The molecule has 0 aliphatic heterocycles. The Morgan fingerprint density at radius 1 is 1.00 bits per heavy atom. The van der Waals surface area contributed by atoms with Crippen LogP contribution < -0.4 is 0 Å². The van der Waals surface area contributed by atoms with Crippen LogP contribution in [-0.4, -0.2) is 0 Å². The molecule has 0 bridgehead atoms. The highest BCUT2D eigenvalue weighted by Crippen LogP contribution is 2.46. The third-order valence-electron chi connectivity index (χ3n) is 3.84. The quantitative estimate of drug-likeness (QED) is 0.571. The van der Waals surface area contributed by atoms with E-state index in [0.29, 0.717) is 5.41 Å². The first-order valence-electron chi connectivity index (χ1n) is 6.09. The lowest BCUT2D eigenvalue weighted by Crippen LogP contribution is -2.24. The van der Waals surface area contributed by atoms with Crippen molar-refractivity contribution in [2.24, 2.45) is 5.41 Å². The molecule has 0 aromatic heterocycles. The average Bonchev–Trinajstić information content (AvgIpc) is 2.17. The Bertz CT molecular complexity index is 343. The Hall–Kier alpha value is -0.780. The van der Waals surface area contributed by atoms with E-state index in [1.807, 2.05) is 0 Å². The fourth-order valence-corrected chi connectivity index (χ4v) is 2.90. The molecule has 1 aliphatic rings. The zero-order chi connectivity index (χ0) is 11.1. The molecule has 0 saturated heterocycles. The maximum Gasteiger partial charge on any atom is -0.0110 e. The molecule has 2 unspecified atom stereocenters. The van der Waals surface area contributed by atoms with Crippen LogP contribution in [0, 0.1) is 5.41 Å². The normalized spacial score (nSPS) is 26.1. The first-order chi connectivity index (χ1) is 7.00. The van der Waals surface area contributed by atoms with Crippen molar-refractivity contribution in [3.8, 4) is 0 Å². The van der Waals surface area contributed by atoms with Crippen molar-refractivity contribution in [1.29, 1.82) is 0 Å². The van der Waals surface area contributed by atoms with Crippen molar-refractivity contribution in [2.45, 2.75) is 52.4 Å². The van der Waals surface area contributed by atoms with Gasteiger partial charge in [-0.05, 0) is 41.2 Å². The molecule has 2 rings (SSSR count). The second kappa shape index (κ2) is 3.66. The molecule has 15 heavy (non-hydrogen) atoms. The number of rotatable bonds is 0. The second-order valence-electron chi connectivity index (χ2n) is 6.03. The molecule has 0 N–H and O–H groups in total. The van der Waals surface area contributed by atoms with Crippen LogP contribution in [0.1, 0.15) is 63.5 Å². The fraction of sp³-hybridized carbons (Fsp3) is 0.600. The first kappa shape index (κ1) is 10.7. The smallest absolute Gasteiger partial charge is 0.0110 e. The van der Waals surface area contributed by atoms with Gasteiger partial charge in [0.2, 0.25) is 0 Å². The molecule has 0 amide bonds. The van der Waals surface area contributed by atoms with Crippen molar-refractivity contribution in [3.05, 3.63) is 35.4 Å². The minimum atomic E-state index is 0.399. The second-order valence-corrected chi connectivity index (χ2v) is 6.03. The van der Waals surface area contributed by atoms with Crippen molar-refractivity contribution < 1.29 is 0 Å². The maximum absolute atomic E-state index is 2.37. The molecule has 0 heteroatoms. The molecule has 1 aromatic carbocycles. The van der Waals surface area contributed by atoms with Gasteiger partial charge in [0.15, 0.2) is 0 Å². The average molecular weight is 202 g/mol. The number of benzene rings is 1. The Kier molecular flexibility index (Phi) is 2.62. The van der Waals surface area contributed by atoms with Crippen molar-refractivity contribution in [1.82, 2.24) is 0 Å². The van der Waals surface area contributed by atoms with Gasteiger partial charge in [0.05, 0.1) is 0 Å². The molecule has 0 nitrogen and oxygen atoms in total. The highest BCUT2D eigenvalue weighted by atomic mass is 14.4. The minimum Gasteiger partial charge on any atom is -0.0620 e. The minimum absolute atomic E-state index is 0.399. The largest absolute Gasteiger partial charge is 0.0620 e. The summed E-state index contributed by atoms with van der Waals surface area (Å²) in [5.74, 6) is 1.49. The summed E-state index contributed by atoms with van der Waals surface area (Å²) in [4.78, 5) is 0. The summed E-state index contributed by atoms with van der Waals surface area (Å²) in [6, 6.07) is 9.02. The van der Waals surface area contributed by atoms with E-state index in [4.69, 9.17) is 0 Å². The third kappa shape index (κ3) is 1.95. The number of fused-ring (bicyclic) bond motifs is 1. The van der Waals surface area contributed by atoms with Crippen molar-refractivity contribution in [2.75, 3.05) is 0 Å². The highest BCUT2D eigenvalue weighted by Gasteiger charge is 2.32. The molecule has 0 heterocycles. The van der Waals surface area contributed by atoms with Crippen LogP contribution in [0.2, 0.25) is 0 Å². The van der Waals surface area contributed by atoms with E-state index in [2.05, 4.69) is 52.0 Å². The summed E-state index contributed by atoms with van der Waals surface area (Å²) in [6.07, 6.45) is 2.70. The molecule has 0 saturated carbocycles. The third-order valence-corrected chi connectivity index (χ3v) is 3.84. The van der Waals surface area contributed by atoms with Crippen LogP contribution in [-0.2, 0) is 0 Å². The molecule has 82 valence electrons. The van der Waals surface area contributed by atoms with Crippen molar-refractivity contribution in [3.63, 3.8) is 0 Å². The summed E-state index contributed by atoms with van der Waals surface area (Å²) in [7, 11) is 0. The van der Waals surface area contributed by atoms with Crippen LogP contribution >= 0.6 is 0 Å². The Morgan fingerprint density at radius 3 is 2.20 bits per heavy atom. The van der Waals surface area contributed by atoms with Crippen LogP contribution in [0.4, 0.5) is 0 Å². The van der Waals surface area contributed by atoms with Gasteiger partial charge in [0.1, 0.15) is 0 Å². The SMILES string of the molecule is CC1CCC(C(C)(C)C)c2ccccc21. The van der Waals surface area contributed by atoms with Gasteiger partial charge in [-0.15, -0.1) is 0 Å². The van der Waals surface area contributed by atoms with Gasteiger partial charge >= 0.3 is 0 Å². The lowest BCUT2D eigenvalue weighted by molar-refractivity contribution is 0.281. The van der Waals surface area contributed by atoms with Crippen LogP contribution in [0.25, 0.3) is 0 Å². The highest BCUT2D eigenvalue weighted by molar-refractivity contribution is 5.36. The zero-order valence-corrected chi connectivity index (χ0v) is 10.4. The summed E-state index contributed by atoms with van der Waals surface area (Å²) in [5.41, 5.74) is 3.59. The van der Waals surface area contributed by atoms with Crippen molar-refractivity contribution >= 4 is 0 Å². The molecule has 0 fully saturated rings. The van der Waals surface area contributed by atoms with E-state index in [1.165, 1.54) is 12.8 Å². The predicted octanol–water partition coefficient (Wildman–Crippen LogP) is 4.71. The molecule has 2 atom stereocenters. The van der Waals surface area contributed by atoms with Gasteiger partial charge in [-0.25, -0.2) is 0 Å². The van der Waals surface area contributed by atoms with Gasteiger partial charge in [-0.1, -0.05) is 52.0 Å². The van der Waals surface area contributed by atoms with Crippen LogP contribution in [0.15, 0.2) is 24.3 Å². The lowest BCUT2D eigenvalue weighted by atomic mass is 9.67. The fourth-order valence-electron chi connectivity index (χ4n) is 2.90. The van der Waals surface area contributed by atoms with E-state index in [0.717, 1.165) is 11.8 Å². The molecule has 0 radical (unpaired) electrons. The Morgan fingerprint density at radius 2 is 1.60 bits per heavy atom. The monoisotopic (exact) mass is 202 g/mol. The van der Waals surface area contributed by atoms with Gasteiger partial charge in [0.25, 0.3) is 0 Å². The lowest BCUT2D eigenvalue weighted by Gasteiger charge is -2.38. The Labute approximate surface area is 93.7 Å². The predicted molar refractivity (Wildman–Crippen MR) is 66.3 cm³/mol.